The highest BCUT2D eigenvalue weighted by atomic mass is 19.1. The van der Waals surface area contributed by atoms with Crippen molar-refractivity contribution in [3.05, 3.63) is 35.6 Å². The first-order chi connectivity index (χ1) is 6.27. The van der Waals surface area contributed by atoms with Gasteiger partial charge < -0.3 is 9.84 Å². The van der Waals surface area contributed by atoms with Gasteiger partial charge in [0, 0.05) is 13.0 Å². The molecule has 0 aromatic heterocycles. The van der Waals surface area contributed by atoms with Crippen LogP contribution in [-0.4, -0.2) is 25.4 Å². The van der Waals surface area contributed by atoms with E-state index in [9.17, 15) is 4.39 Å². The Bertz CT molecular complexity index is 263. The average Bonchev–Trinajstić information content (AvgIpc) is 2.14. The number of aliphatic hydroxyl groups excluding tert-OH is 1. The second-order valence-electron chi connectivity index (χ2n) is 2.89. The summed E-state index contributed by atoms with van der Waals surface area (Å²) in [7, 11) is 1.56. The van der Waals surface area contributed by atoms with Crippen LogP contribution in [0, 0.1) is 5.82 Å². The minimum Gasteiger partial charge on any atom is -0.396 e. The van der Waals surface area contributed by atoms with Crippen LogP contribution in [0.3, 0.4) is 0 Å². The maximum atomic E-state index is 12.8. The smallest absolute Gasteiger partial charge is 0.123 e. The highest BCUT2D eigenvalue weighted by molar-refractivity contribution is 5.20. The van der Waals surface area contributed by atoms with Gasteiger partial charge in [0.05, 0.1) is 13.2 Å². The lowest BCUT2D eigenvalue weighted by atomic mass is 10.0. The molecule has 1 aromatic carbocycles. The van der Waals surface area contributed by atoms with E-state index in [1.807, 2.05) is 0 Å². The van der Waals surface area contributed by atoms with E-state index in [4.69, 9.17) is 9.84 Å². The molecule has 1 aromatic rings. The molecule has 2 nitrogen and oxygen atoms in total. The number of hydrogen-bond acceptors (Lipinski definition) is 2. The molecule has 0 heterocycles. The number of halogens is 1. The van der Waals surface area contributed by atoms with Crippen LogP contribution in [0.25, 0.3) is 0 Å². The largest absolute Gasteiger partial charge is 0.396 e. The van der Waals surface area contributed by atoms with Crippen LogP contribution in [0.15, 0.2) is 24.3 Å². The zero-order valence-electron chi connectivity index (χ0n) is 7.53. The summed E-state index contributed by atoms with van der Waals surface area (Å²) < 4.78 is 17.7. The van der Waals surface area contributed by atoms with Crippen LogP contribution in [0.2, 0.25) is 0 Å². The van der Waals surface area contributed by atoms with Gasteiger partial charge in [0.15, 0.2) is 0 Å². The monoisotopic (exact) mass is 184 g/mol. The lowest BCUT2D eigenvalue weighted by Gasteiger charge is -2.12. The van der Waals surface area contributed by atoms with Gasteiger partial charge in [-0.05, 0) is 17.7 Å². The molecule has 0 fully saturated rings. The van der Waals surface area contributed by atoms with Gasteiger partial charge in [-0.1, -0.05) is 12.1 Å². The molecule has 0 saturated carbocycles. The third-order valence-corrected chi connectivity index (χ3v) is 1.91. The van der Waals surface area contributed by atoms with Crippen LogP contribution in [0.5, 0.6) is 0 Å². The van der Waals surface area contributed by atoms with Crippen LogP contribution >= 0.6 is 0 Å². The standard InChI is InChI=1S/C10H13FO2/c1-13-7-9(6-12)8-3-2-4-10(11)5-8/h2-5,9,12H,6-7H2,1H3. The fourth-order valence-corrected chi connectivity index (χ4v) is 1.22. The van der Waals surface area contributed by atoms with Crippen molar-refractivity contribution in [2.24, 2.45) is 0 Å². The molecular formula is C10H13FO2. The minimum absolute atomic E-state index is 0.0305. The van der Waals surface area contributed by atoms with E-state index in [-0.39, 0.29) is 18.3 Å². The van der Waals surface area contributed by atoms with Crippen molar-refractivity contribution < 1.29 is 14.2 Å². The van der Waals surface area contributed by atoms with Gasteiger partial charge >= 0.3 is 0 Å². The van der Waals surface area contributed by atoms with Crippen LogP contribution in [0.4, 0.5) is 4.39 Å². The lowest BCUT2D eigenvalue weighted by Crippen LogP contribution is -2.10. The SMILES string of the molecule is COCC(CO)c1cccc(F)c1. The molecular weight excluding hydrogens is 171 g/mol. The summed E-state index contributed by atoms with van der Waals surface area (Å²) in [4.78, 5) is 0. The van der Waals surface area contributed by atoms with Crippen molar-refractivity contribution in [2.75, 3.05) is 20.3 Å². The summed E-state index contributed by atoms with van der Waals surface area (Å²) in [6.07, 6.45) is 0. The zero-order valence-corrected chi connectivity index (χ0v) is 7.53. The zero-order chi connectivity index (χ0) is 9.68. The molecule has 1 N–H and O–H groups in total. The Morgan fingerprint density at radius 3 is 2.85 bits per heavy atom. The van der Waals surface area contributed by atoms with E-state index < -0.39 is 0 Å². The number of hydrogen-bond donors (Lipinski definition) is 1. The van der Waals surface area contributed by atoms with E-state index in [1.54, 1.807) is 19.2 Å². The van der Waals surface area contributed by atoms with Crippen molar-refractivity contribution in [3.8, 4) is 0 Å². The van der Waals surface area contributed by atoms with Gasteiger partial charge in [-0.25, -0.2) is 4.39 Å². The van der Waals surface area contributed by atoms with Gasteiger partial charge in [-0.2, -0.15) is 0 Å². The van der Waals surface area contributed by atoms with E-state index in [1.165, 1.54) is 12.1 Å². The number of benzene rings is 1. The molecule has 1 atom stereocenters. The molecule has 0 aliphatic rings. The van der Waals surface area contributed by atoms with E-state index in [0.29, 0.717) is 6.61 Å². The first kappa shape index (κ1) is 10.2. The third-order valence-electron chi connectivity index (χ3n) is 1.91. The fourth-order valence-electron chi connectivity index (χ4n) is 1.22. The summed E-state index contributed by atoms with van der Waals surface area (Å²) in [5.41, 5.74) is 0.768. The maximum absolute atomic E-state index is 12.8. The maximum Gasteiger partial charge on any atom is 0.123 e. The molecule has 0 radical (unpaired) electrons. The predicted octanol–water partition coefficient (Wildman–Crippen LogP) is 1.55. The van der Waals surface area contributed by atoms with Gasteiger partial charge in [-0.3, -0.25) is 0 Å². The van der Waals surface area contributed by atoms with Gasteiger partial charge in [0.1, 0.15) is 5.82 Å². The molecule has 0 bridgehead atoms. The van der Waals surface area contributed by atoms with Crippen molar-refractivity contribution in [3.63, 3.8) is 0 Å². The molecule has 72 valence electrons. The predicted molar refractivity (Wildman–Crippen MR) is 48.1 cm³/mol. The van der Waals surface area contributed by atoms with Crippen molar-refractivity contribution in [2.45, 2.75) is 5.92 Å². The Labute approximate surface area is 77.0 Å². The molecule has 0 aliphatic heterocycles. The molecule has 0 amide bonds. The molecule has 1 rings (SSSR count). The Balaban J connectivity index is 2.78. The van der Waals surface area contributed by atoms with Crippen molar-refractivity contribution >= 4 is 0 Å². The lowest BCUT2D eigenvalue weighted by molar-refractivity contribution is 0.144. The van der Waals surface area contributed by atoms with Crippen LogP contribution < -0.4 is 0 Å². The van der Waals surface area contributed by atoms with Crippen molar-refractivity contribution in [1.29, 1.82) is 0 Å². The molecule has 13 heavy (non-hydrogen) atoms. The number of aliphatic hydroxyl groups is 1. The number of methoxy groups -OCH3 is 1. The molecule has 0 saturated heterocycles. The normalized spacial score (nSPS) is 12.8. The fraction of sp³-hybridized carbons (Fsp3) is 0.400. The van der Waals surface area contributed by atoms with E-state index >= 15 is 0 Å². The summed E-state index contributed by atoms with van der Waals surface area (Å²) in [5.74, 6) is -0.423. The van der Waals surface area contributed by atoms with E-state index in [0.717, 1.165) is 5.56 Å². The minimum atomic E-state index is -0.285. The first-order valence-electron chi connectivity index (χ1n) is 4.13. The highest BCUT2D eigenvalue weighted by Gasteiger charge is 2.09. The Kier molecular flexibility index (Phi) is 3.86. The third kappa shape index (κ3) is 2.79. The molecule has 3 heteroatoms. The second-order valence-corrected chi connectivity index (χ2v) is 2.89. The van der Waals surface area contributed by atoms with Gasteiger partial charge in [0.2, 0.25) is 0 Å². The quantitative estimate of drug-likeness (QED) is 0.769. The van der Waals surface area contributed by atoms with E-state index in [2.05, 4.69) is 0 Å². The highest BCUT2D eigenvalue weighted by Crippen LogP contribution is 2.16. The Morgan fingerprint density at radius 2 is 2.31 bits per heavy atom. The average molecular weight is 184 g/mol. The second kappa shape index (κ2) is 4.94. The summed E-state index contributed by atoms with van der Waals surface area (Å²) >= 11 is 0. The molecule has 1 unspecified atom stereocenters. The number of ether oxygens (including phenoxy) is 1. The number of rotatable bonds is 4. The van der Waals surface area contributed by atoms with Crippen LogP contribution in [0.1, 0.15) is 11.5 Å². The van der Waals surface area contributed by atoms with Crippen LogP contribution in [-0.2, 0) is 4.74 Å². The summed E-state index contributed by atoms with van der Waals surface area (Å²) in [5, 5.41) is 9.00. The van der Waals surface area contributed by atoms with Crippen molar-refractivity contribution in [1.82, 2.24) is 0 Å². The topological polar surface area (TPSA) is 29.5 Å². The summed E-state index contributed by atoms with van der Waals surface area (Å²) in [6.45, 7) is 0.372. The molecule has 0 aliphatic carbocycles. The summed E-state index contributed by atoms with van der Waals surface area (Å²) in [6, 6.07) is 6.20. The Morgan fingerprint density at radius 1 is 1.54 bits per heavy atom. The van der Waals surface area contributed by atoms with Gasteiger partial charge in [-0.15, -0.1) is 0 Å². The van der Waals surface area contributed by atoms with Gasteiger partial charge in [0.25, 0.3) is 0 Å². The molecule has 0 spiro atoms. The first-order valence-corrected chi connectivity index (χ1v) is 4.13. The Hall–Kier alpha value is -0.930.